The van der Waals surface area contributed by atoms with Gasteiger partial charge in [0, 0.05) is 9.85 Å². The minimum atomic E-state index is -0.892. The first-order valence-corrected chi connectivity index (χ1v) is 7.02. The Labute approximate surface area is 122 Å². The van der Waals surface area contributed by atoms with Gasteiger partial charge in [-0.25, -0.2) is 4.98 Å². The Balaban J connectivity index is 2.18. The minimum absolute atomic E-state index is 0.0756. The summed E-state index contributed by atoms with van der Waals surface area (Å²) in [6.45, 7) is 0. The summed E-state index contributed by atoms with van der Waals surface area (Å²) in [7, 11) is 1.59. The van der Waals surface area contributed by atoms with E-state index >= 15 is 0 Å². The van der Waals surface area contributed by atoms with E-state index in [2.05, 4.69) is 26.2 Å². The maximum absolute atomic E-state index is 10.6. The average molecular weight is 343 g/mol. The predicted molar refractivity (Wildman–Crippen MR) is 77.4 cm³/mol. The Morgan fingerprint density at radius 1 is 1.58 bits per heavy atom. The number of carboxylic acid groups (broad SMARTS) is 1. The lowest BCUT2D eigenvalue weighted by molar-refractivity contribution is -0.136. The molecular formula is C12H11BrN2O3S. The summed E-state index contributed by atoms with van der Waals surface area (Å²) in [5.74, 6) is -0.199. The van der Waals surface area contributed by atoms with E-state index in [-0.39, 0.29) is 6.42 Å². The fourth-order valence-electron chi connectivity index (χ4n) is 1.49. The van der Waals surface area contributed by atoms with Gasteiger partial charge >= 0.3 is 5.97 Å². The highest BCUT2D eigenvalue weighted by molar-refractivity contribution is 9.10. The van der Waals surface area contributed by atoms with E-state index in [4.69, 9.17) is 9.84 Å². The van der Waals surface area contributed by atoms with Crippen LogP contribution < -0.4 is 10.1 Å². The number of aromatic nitrogens is 1. The number of hydrogen-bond donors (Lipinski definition) is 2. The lowest BCUT2D eigenvalue weighted by Gasteiger charge is -2.09. The second-order valence-electron chi connectivity index (χ2n) is 3.68. The van der Waals surface area contributed by atoms with Crippen LogP contribution >= 0.6 is 27.3 Å². The highest BCUT2D eigenvalue weighted by Gasteiger charge is 2.09. The Kier molecular flexibility index (Phi) is 4.39. The third-order valence-corrected chi connectivity index (χ3v) is 3.59. The summed E-state index contributed by atoms with van der Waals surface area (Å²) in [5, 5.41) is 14.2. The van der Waals surface area contributed by atoms with E-state index in [0.717, 1.165) is 10.2 Å². The maximum atomic E-state index is 10.6. The van der Waals surface area contributed by atoms with Gasteiger partial charge in [0.05, 0.1) is 24.9 Å². The molecule has 1 aromatic heterocycles. The van der Waals surface area contributed by atoms with Crippen LogP contribution in [-0.2, 0) is 11.2 Å². The number of ether oxygens (including phenoxy) is 1. The number of aliphatic carboxylic acids is 1. The van der Waals surface area contributed by atoms with Gasteiger partial charge in [0.15, 0.2) is 5.13 Å². The fourth-order valence-corrected chi connectivity index (χ4v) is 2.58. The molecule has 0 spiro atoms. The van der Waals surface area contributed by atoms with Gasteiger partial charge in [-0.15, -0.1) is 11.3 Å². The number of methoxy groups -OCH3 is 1. The zero-order valence-electron chi connectivity index (χ0n) is 10.0. The molecule has 7 heteroatoms. The molecule has 0 aliphatic heterocycles. The predicted octanol–water partition coefficient (Wildman–Crippen LogP) is 3.28. The molecule has 0 aliphatic carbocycles. The number of carbonyl (C=O) groups is 1. The second-order valence-corrected chi connectivity index (χ2v) is 5.46. The van der Waals surface area contributed by atoms with Crippen LogP contribution in [0.25, 0.3) is 0 Å². The van der Waals surface area contributed by atoms with Gasteiger partial charge in [-0.05, 0) is 18.2 Å². The quantitative estimate of drug-likeness (QED) is 0.872. The lowest BCUT2D eigenvalue weighted by Crippen LogP contribution is -2.00. The van der Waals surface area contributed by atoms with Crippen LogP contribution in [0, 0.1) is 0 Å². The van der Waals surface area contributed by atoms with Gasteiger partial charge in [-0.2, -0.15) is 0 Å². The summed E-state index contributed by atoms with van der Waals surface area (Å²) >= 11 is 4.74. The molecule has 0 atom stereocenters. The Hall–Kier alpha value is -1.60. The Morgan fingerprint density at radius 2 is 2.37 bits per heavy atom. The summed E-state index contributed by atoms with van der Waals surface area (Å²) in [6, 6.07) is 5.58. The Bertz CT molecular complexity index is 600. The summed E-state index contributed by atoms with van der Waals surface area (Å²) in [4.78, 5) is 14.8. The molecule has 2 N–H and O–H groups in total. The highest BCUT2D eigenvalue weighted by atomic mass is 79.9. The summed E-state index contributed by atoms with van der Waals surface area (Å²) < 4.78 is 6.16. The zero-order chi connectivity index (χ0) is 13.8. The van der Waals surface area contributed by atoms with E-state index in [0.29, 0.717) is 16.6 Å². The monoisotopic (exact) mass is 342 g/mol. The largest absolute Gasteiger partial charge is 0.495 e. The molecule has 2 aromatic rings. The molecule has 0 saturated heterocycles. The second kappa shape index (κ2) is 6.03. The van der Waals surface area contributed by atoms with Crippen molar-refractivity contribution in [3.63, 3.8) is 0 Å². The van der Waals surface area contributed by atoms with Gasteiger partial charge in [-0.3, -0.25) is 4.79 Å². The zero-order valence-corrected chi connectivity index (χ0v) is 12.4. The number of rotatable bonds is 5. The van der Waals surface area contributed by atoms with Crippen molar-refractivity contribution in [3.8, 4) is 5.75 Å². The van der Waals surface area contributed by atoms with Gasteiger partial charge in [0.1, 0.15) is 5.75 Å². The van der Waals surface area contributed by atoms with Crippen molar-refractivity contribution in [2.45, 2.75) is 6.42 Å². The van der Waals surface area contributed by atoms with E-state index in [9.17, 15) is 4.79 Å². The van der Waals surface area contributed by atoms with Crippen molar-refractivity contribution in [2.75, 3.05) is 12.4 Å². The van der Waals surface area contributed by atoms with Crippen LogP contribution in [0.1, 0.15) is 5.69 Å². The molecule has 0 unspecified atom stereocenters. The van der Waals surface area contributed by atoms with Crippen molar-refractivity contribution in [1.82, 2.24) is 4.98 Å². The number of nitrogens with zero attached hydrogens (tertiary/aromatic N) is 1. The van der Waals surface area contributed by atoms with Crippen LogP contribution in [0.15, 0.2) is 28.1 Å². The highest BCUT2D eigenvalue weighted by Crippen LogP contribution is 2.31. The molecule has 0 amide bonds. The van der Waals surface area contributed by atoms with E-state index in [1.165, 1.54) is 11.3 Å². The van der Waals surface area contributed by atoms with E-state index in [1.807, 2.05) is 18.2 Å². The molecule has 0 fully saturated rings. The number of benzene rings is 1. The molecule has 2 rings (SSSR count). The smallest absolute Gasteiger partial charge is 0.309 e. The maximum Gasteiger partial charge on any atom is 0.309 e. The van der Waals surface area contributed by atoms with Crippen LogP contribution in [-0.4, -0.2) is 23.2 Å². The fraction of sp³-hybridized carbons (Fsp3) is 0.167. The summed E-state index contributed by atoms with van der Waals surface area (Å²) in [5.41, 5.74) is 1.31. The number of anilines is 2. The van der Waals surface area contributed by atoms with Crippen molar-refractivity contribution >= 4 is 44.1 Å². The summed E-state index contributed by atoms with van der Waals surface area (Å²) in [6.07, 6.45) is -0.0756. The number of halogens is 1. The molecule has 0 aliphatic rings. The van der Waals surface area contributed by atoms with Gasteiger partial charge in [0.2, 0.25) is 0 Å². The van der Waals surface area contributed by atoms with Gasteiger partial charge in [0.25, 0.3) is 0 Å². The van der Waals surface area contributed by atoms with Crippen molar-refractivity contribution in [2.24, 2.45) is 0 Å². The van der Waals surface area contributed by atoms with Crippen LogP contribution in [0.4, 0.5) is 10.8 Å². The SMILES string of the molecule is COc1ccc(Br)cc1Nc1nc(CC(=O)O)cs1. The van der Waals surface area contributed by atoms with Crippen molar-refractivity contribution in [1.29, 1.82) is 0 Å². The standard InChI is InChI=1S/C12H11BrN2O3S/c1-18-10-3-2-7(13)4-9(10)15-12-14-8(6-19-12)5-11(16)17/h2-4,6H,5H2,1H3,(H,14,15)(H,16,17). The molecule has 0 saturated carbocycles. The van der Waals surface area contributed by atoms with Crippen molar-refractivity contribution < 1.29 is 14.6 Å². The van der Waals surface area contributed by atoms with Crippen molar-refractivity contribution in [3.05, 3.63) is 33.7 Å². The first kappa shape index (κ1) is 13.8. The molecule has 0 radical (unpaired) electrons. The number of carboxylic acids is 1. The normalized spacial score (nSPS) is 10.2. The average Bonchev–Trinajstić information content (AvgIpc) is 2.76. The molecule has 0 bridgehead atoms. The third kappa shape index (κ3) is 3.68. The first-order valence-electron chi connectivity index (χ1n) is 5.35. The minimum Gasteiger partial charge on any atom is -0.495 e. The molecule has 1 aromatic carbocycles. The molecule has 1 heterocycles. The van der Waals surface area contributed by atoms with Crippen LogP contribution in [0.5, 0.6) is 5.75 Å². The Morgan fingerprint density at radius 3 is 3.05 bits per heavy atom. The van der Waals surface area contributed by atoms with Crippen LogP contribution in [0.2, 0.25) is 0 Å². The first-order chi connectivity index (χ1) is 9.08. The lowest BCUT2D eigenvalue weighted by atomic mass is 10.3. The molecule has 5 nitrogen and oxygen atoms in total. The van der Waals surface area contributed by atoms with Crippen LogP contribution in [0.3, 0.4) is 0 Å². The van der Waals surface area contributed by atoms with Gasteiger partial charge in [-0.1, -0.05) is 15.9 Å². The van der Waals surface area contributed by atoms with Gasteiger partial charge < -0.3 is 15.2 Å². The third-order valence-electron chi connectivity index (χ3n) is 2.29. The number of hydrogen-bond acceptors (Lipinski definition) is 5. The van der Waals surface area contributed by atoms with E-state index in [1.54, 1.807) is 12.5 Å². The molecule has 19 heavy (non-hydrogen) atoms. The molecule has 100 valence electrons. The number of thiazole rings is 1. The molecular weight excluding hydrogens is 332 g/mol. The number of nitrogens with one attached hydrogen (secondary N) is 1. The topological polar surface area (TPSA) is 71.5 Å². The van der Waals surface area contributed by atoms with E-state index < -0.39 is 5.97 Å².